The molecule has 12 heavy (non-hydrogen) atoms. The fraction of sp³-hybridized carbons (Fsp3) is 0.667. The van der Waals surface area contributed by atoms with Gasteiger partial charge in [-0.25, -0.2) is 0 Å². The van der Waals surface area contributed by atoms with Gasteiger partial charge in [0.25, 0.3) is 0 Å². The van der Waals surface area contributed by atoms with Gasteiger partial charge in [-0.15, -0.1) is 18.0 Å². The van der Waals surface area contributed by atoms with E-state index in [9.17, 15) is 4.79 Å². The number of rotatable bonds is 5. The highest BCUT2D eigenvalue weighted by molar-refractivity contribution is 6.18. The largest absolute Gasteiger partial charge is 0.332 e. The van der Waals surface area contributed by atoms with Gasteiger partial charge in [-0.2, -0.15) is 0 Å². The first-order chi connectivity index (χ1) is 5.76. The van der Waals surface area contributed by atoms with Crippen LogP contribution in [0.25, 0.3) is 0 Å². The van der Waals surface area contributed by atoms with Gasteiger partial charge in [0, 0.05) is 18.8 Å². The highest BCUT2D eigenvalue weighted by Crippen LogP contribution is 1.97. The molecule has 0 unspecified atom stereocenters. The van der Waals surface area contributed by atoms with Crippen LogP contribution in [0.2, 0.25) is 0 Å². The summed E-state index contributed by atoms with van der Waals surface area (Å²) < 4.78 is 0. The molecule has 1 amide bonds. The maximum absolute atomic E-state index is 11.3. The van der Waals surface area contributed by atoms with Crippen molar-refractivity contribution in [2.45, 2.75) is 19.8 Å². The van der Waals surface area contributed by atoms with E-state index < -0.39 is 0 Å². The molecule has 68 valence electrons. The zero-order valence-corrected chi connectivity index (χ0v) is 8.10. The third-order valence-corrected chi connectivity index (χ3v) is 1.63. The number of carbonyl (C=O) groups excluding carboxylic acids is 1. The Morgan fingerprint density at radius 1 is 1.67 bits per heavy atom. The van der Waals surface area contributed by atoms with Gasteiger partial charge in [0.2, 0.25) is 5.91 Å². The molecule has 0 aliphatic rings. The Bertz CT molecular complexity index is 174. The molecule has 3 heteroatoms. The van der Waals surface area contributed by atoms with Crippen LogP contribution in [0.1, 0.15) is 19.8 Å². The van der Waals surface area contributed by atoms with Crippen LogP contribution in [0, 0.1) is 12.3 Å². The Morgan fingerprint density at radius 2 is 2.33 bits per heavy atom. The molecular formula is C9H14ClNO. The quantitative estimate of drug-likeness (QED) is 0.472. The van der Waals surface area contributed by atoms with Crippen LogP contribution in [0.4, 0.5) is 0 Å². The van der Waals surface area contributed by atoms with Crippen LogP contribution in [-0.4, -0.2) is 29.8 Å². The summed E-state index contributed by atoms with van der Waals surface area (Å²) in [6.45, 7) is 3.13. The minimum absolute atomic E-state index is 0.0461. The second-order valence-corrected chi connectivity index (χ2v) is 2.84. The average molecular weight is 188 g/mol. The number of carbonyl (C=O) groups is 1. The Hall–Kier alpha value is -0.680. The summed E-state index contributed by atoms with van der Waals surface area (Å²) in [5.74, 6) is 2.86. The highest BCUT2D eigenvalue weighted by Gasteiger charge is 2.09. The van der Waals surface area contributed by atoms with E-state index >= 15 is 0 Å². The number of amides is 1. The van der Waals surface area contributed by atoms with E-state index in [2.05, 4.69) is 5.92 Å². The van der Waals surface area contributed by atoms with Crippen molar-refractivity contribution in [1.29, 1.82) is 0 Å². The Morgan fingerprint density at radius 3 is 2.75 bits per heavy atom. The molecule has 0 saturated heterocycles. The van der Waals surface area contributed by atoms with Gasteiger partial charge in [-0.3, -0.25) is 4.79 Å². The van der Waals surface area contributed by atoms with Gasteiger partial charge in [-0.1, -0.05) is 12.8 Å². The molecule has 0 aromatic heterocycles. The molecule has 0 rings (SSSR count). The molecule has 0 spiro atoms. The zero-order chi connectivity index (χ0) is 9.40. The Labute approximate surface area is 78.9 Å². The number of terminal acetylenes is 1. The number of nitrogens with zero attached hydrogens (tertiary/aromatic N) is 1. The molecule has 0 aromatic carbocycles. The first kappa shape index (κ1) is 11.3. The van der Waals surface area contributed by atoms with Gasteiger partial charge in [0.1, 0.15) is 0 Å². The lowest BCUT2D eigenvalue weighted by molar-refractivity contribution is -0.130. The molecule has 0 heterocycles. The Balaban J connectivity index is 3.92. The molecule has 2 nitrogen and oxygen atoms in total. The van der Waals surface area contributed by atoms with Crippen molar-refractivity contribution in [1.82, 2.24) is 4.90 Å². The fourth-order valence-electron chi connectivity index (χ4n) is 0.911. The van der Waals surface area contributed by atoms with Crippen LogP contribution < -0.4 is 0 Å². The SMILES string of the molecule is C#CCN(CCC)C(=O)CCCl. The molecule has 0 aliphatic heterocycles. The van der Waals surface area contributed by atoms with Gasteiger partial charge < -0.3 is 4.90 Å². The minimum Gasteiger partial charge on any atom is -0.332 e. The summed E-state index contributed by atoms with van der Waals surface area (Å²) in [7, 11) is 0. The molecule has 0 bridgehead atoms. The molecule has 0 atom stereocenters. The molecular weight excluding hydrogens is 174 g/mol. The molecule has 0 aromatic rings. The number of hydrogen-bond acceptors (Lipinski definition) is 1. The van der Waals surface area contributed by atoms with E-state index in [4.69, 9.17) is 18.0 Å². The van der Waals surface area contributed by atoms with Crippen molar-refractivity contribution in [2.24, 2.45) is 0 Å². The second kappa shape index (κ2) is 7.00. The van der Waals surface area contributed by atoms with Gasteiger partial charge >= 0.3 is 0 Å². The Kier molecular flexibility index (Phi) is 6.60. The summed E-state index contributed by atoms with van der Waals surface area (Å²) >= 11 is 5.44. The number of hydrogen-bond donors (Lipinski definition) is 0. The van der Waals surface area contributed by atoms with Gasteiger partial charge in [0.15, 0.2) is 0 Å². The summed E-state index contributed by atoms with van der Waals surface area (Å²) in [6.07, 6.45) is 6.42. The van der Waals surface area contributed by atoms with Crippen molar-refractivity contribution >= 4 is 17.5 Å². The first-order valence-electron chi connectivity index (χ1n) is 4.03. The first-order valence-corrected chi connectivity index (χ1v) is 4.56. The molecule has 0 saturated carbocycles. The maximum atomic E-state index is 11.3. The molecule has 0 aliphatic carbocycles. The summed E-state index contributed by atoms with van der Waals surface area (Å²) in [5, 5.41) is 0. The normalized spacial score (nSPS) is 9.08. The lowest BCUT2D eigenvalue weighted by Crippen LogP contribution is -2.32. The van der Waals surface area contributed by atoms with E-state index in [0.29, 0.717) is 18.8 Å². The summed E-state index contributed by atoms with van der Waals surface area (Å²) in [5.41, 5.74) is 0. The second-order valence-electron chi connectivity index (χ2n) is 2.46. The zero-order valence-electron chi connectivity index (χ0n) is 7.35. The van der Waals surface area contributed by atoms with E-state index in [0.717, 1.165) is 13.0 Å². The summed E-state index contributed by atoms with van der Waals surface area (Å²) in [4.78, 5) is 12.9. The minimum atomic E-state index is 0.0461. The lowest BCUT2D eigenvalue weighted by Gasteiger charge is -2.18. The van der Waals surface area contributed by atoms with E-state index in [1.807, 2.05) is 6.92 Å². The van der Waals surface area contributed by atoms with Crippen molar-refractivity contribution in [3.8, 4) is 12.3 Å². The third-order valence-electron chi connectivity index (χ3n) is 1.44. The van der Waals surface area contributed by atoms with Gasteiger partial charge in [0.05, 0.1) is 6.54 Å². The standard InChI is InChI=1S/C9H14ClNO/c1-3-7-11(8-4-2)9(12)5-6-10/h1H,4-8H2,2H3. The predicted molar refractivity (Wildman–Crippen MR) is 51.0 cm³/mol. The van der Waals surface area contributed by atoms with Gasteiger partial charge in [-0.05, 0) is 6.42 Å². The molecule has 0 fully saturated rings. The number of halogens is 1. The van der Waals surface area contributed by atoms with Crippen LogP contribution in [0.5, 0.6) is 0 Å². The molecule has 0 radical (unpaired) electrons. The van der Waals surface area contributed by atoms with Crippen molar-refractivity contribution in [3.63, 3.8) is 0 Å². The summed E-state index contributed by atoms with van der Waals surface area (Å²) in [6, 6.07) is 0. The van der Waals surface area contributed by atoms with Crippen LogP contribution in [0.3, 0.4) is 0 Å². The average Bonchev–Trinajstić information content (AvgIpc) is 2.04. The monoisotopic (exact) mass is 187 g/mol. The third kappa shape index (κ3) is 4.25. The predicted octanol–water partition coefficient (Wildman–Crippen LogP) is 1.49. The smallest absolute Gasteiger partial charge is 0.224 e. The highest BCUT2D eigenvalue weighted by atomic mass is 35.5. The van der Waals surface area contributed by atoms with Crippen LogP contribution in [0.15, 0.2) is 0 Å². The van der Waals surface area contributed by atoms with E-state index in [1.54, 1.807) is 4.90 Å². The topological polar surface area (TPSA) is 20.3 Å². The van der Waals surface area contributed by atoms with Crippen LogP contribution in [-0.2, 0) is 4.79 Å². The lowest BCUT2D eigenvalue weighted by atomic mass is 10.3. The van der Waals surface area contributed by atoms with Crippen molar-refractivity contribution < 1.29 is 4.79 Å². The van der Waals surface area contributed by atoms with Crippen molar-refractivity contribution in [2.75, 3.05) is 19.0 Å². The fourth-order valence-corrected chi connectivity index (χ4v) is 1.07. The van der Waals surface area contributed by atoms with E-state index in [-0.39, 0.29) is 5.91 Å². The number of alkyl halides is 1. The maximum Gasteiger partial charge on any atom is 0.224 e. The van der Waals surface area contributed by atoms with Crippen LogP contribution >= 0.6 is 11.6 Å². The van der Waals surface area contributed by atoms with E-state index in [1.165, 1.54) is 0 Å². The van der Waals surface area contributed by atoms with Crippen molar-refractivity contribution in [3.05, 3.63) is 0 Å². The molecule has 0 N–H and O–H groups in total.